The van der Waals surface area contributed by atoms with Crippen LogP contribution in [0.4, 0.5) is 5.82 Å². The molecule has 0 aliphatic rings. The van der Waals surface area contributed by atoms with Gasteiger partial charge in [-0.05, 0) is 24.5 Å². The summed E-state index contributed by atoms with van der Waals surface area (Å²) in [6, 6.07) is 5.91. The second-order valence-electron chi connectivity index (χ2n) is 8.11. The highest BCUT2D eigenvalue weighted by Gasteiger charge is 2.22. The average molecular weight is 373 g/mol. The van der Waals surface area contributed by atoms with E-state index in [-0.39, 0.29) is 17.0 Å². The van der Waals surface area contributed by atoms with E-state index in [1.165, 1.54) is 0 Å². The Labute approximate surface area is 163 Å². The molecule has 0 amide bonds. The molecule has 1 unspecified atom stereocenters. The van der Waals surface area contributed by atoms with Gasteiger partial charge in [-0.1, -0.05) is 26.8 Å². The highest BCUT2D eigenvalue weighted by atomic mass is 16.1. The summed E-state index contributed by atoms with van der Waals surface area (Å²) >= 11 is 0. The second kappa shape index (κ2) is 6.71. The molecule has 0 saturated heterocycles. The minimum absolute atomic E-state index is 0.0519. The zero-order valence-corrected chi connectivity index (χ0v) is 16.4. The first kappa shape index (κ1) is 18.1. The van der Waals surface area contributed by atoms with Gasteiger partial charge in [0.1, 0.15) is 5.82 Å². The highest BCUT2D eigenvalue weighted by molar-refractivity contribution is 6.12. The first-order valence-corrected chi connectivity index (χ1v) is 9.32. The van der Waals surface area contributed by atoms with Crippen LogP contribution >= 0.6 is 0 Å². The third kappa shape index (κ3) is 3.11. The van der Waals surface area contributed by atoms with Crippen molar-refractivity contribution < 1.29 is 0 Å². The van der Waals surface area contributed by atoms with Crippen molar-refractivity contribution in [1.29, 1.82) is 0 Å². The van der Waals surface area contributed by atoms with E-state index in [2.05, 4.69) is 48.0 Å². The van der Waals surface area contributed by atoms with E-state index in [0.717, 1.165) is 27.7 Å². The van der Waals surface area contributed by atoms with Gasteiger partial charge in [0.2, 0.25) is 0 Å². The third-order valence-corrected chi connectivity index (χ3v) is 5.26. The SMILES string of the molecule is CC(Nc1nc2c(-c3cccnc3)c[nH]c(=O)c2c2cnccc12)C(C)(C)C. The van der Waals surface area contributed by atoms with Crippen molar-refractivity contribution in [2.24, 2.45) is 5.41 Å². The number of nitrogens with one attached hydrogen (secondary N) is 2. The molecule has 4 aromatic heterocycles. The highest BCUT2D eigenvalue weighted by Crippen LogP contribution is 2.33. The minimum atomic E-state index is -0.177. The van der Waals surface area contributed by atoms with Crippen molar-refractivity contribution in [3.8, 4) is 11.1 Å². The Morgan fingerprint density at radius 2 is 1.86 bits per heavy atom. The number of aromatic nitrogens is 4. The number of aromatic amines is 1. The van der Waals surface area contributed by atoms with Gasteiger partial charge in [0, 0.05) is 58.9 Å². The van der Waals surface area contributed by atoms with Gasteiger partial charge >= 0.3 is 0 Å². The Morgan fingerprint density at radius 3 is 2.57 bits per heavy atom. The molecule has 1 atom stereocenters. The first-order chi connectivity index (χ1) is 13.4. The molecule has 4 heterocycles. The van der Waals surface area contributed by atoms with Crippen LogP contribution in [0.3, 0.4) is 0 Å². The van der Waals surface area contributed by atoms with Gasteiger partial charge in [0.15, 0.2) is 0 Å². The predicted octanol–water partition coefficient (Wildman–Crippen LogP) is 4.38. The van der Waals surface area contributed by atoms with Gasteiger partial charge in [0.05, 0.1) is 10.9 Å². The fourth-order valence-corrected chi connectivity index (χ4v) is 3.13. The smallest absolute Gasteiger partial charge is 0.258 e. The second-order valence-corrected chi connectivity index (χ2v) is 8.11. The van der Waals surface area contributed by atoms with E-state index in [9.17, 15) is 4.79 Å². The molecule has 0 aliphatic carbocycles. The van der Waals surface area contributed by atoms with Crippen molar-refractivity contribution in [3.63, 3.8) is 0 Å². The summed E-state index contributed by atoms with van der Waals surface area (Å²) in [5.41, 5.74) is 2.25. The minimum Gasteiger partial charge on any atom is -0.367 e. The maximum atomic E-state index is 12.7. The van der Waals surface area contributed by atoms with Gasteiger partial charge in [-0.15, -0.1) is 0 Å². The fourth-order valence-electron chi connectivity index (χ4n) is 3.13. The van der Waals surface area contributed by atoms with E-state index in [0.29, 0.717) is 10.9 Å². The maximum Gasteiger partial charge on any atom is 0.258 e. The summed E-state index contributed by atoms with van der Waals surface area (Å²) in [6.07, 6.45) is 8.65. The maximum absolute atomic E-state index is 12.7. The van der Waals surface area contributed by atoms with Gasteiger partial charge in [-0.25, -0.2) is 4.98 Å². The molecule has 2 N–H and O–H groups in total. The van der Waals surface area contributed by atoms with E-state index in [1.54, 1.807) is 31.0 Å². The van der Waals surface area contributed by atoms with Crippen LogP contribution in [-0.2, 0) is 0 Å². The molecule has 0 aliphatic heterocycles. The number of rotatable bonds is 3. The molecular formula is C22H23N5O. The van der Waals surface area contributed by atoms with Crippen molar-refractivity contribution >= 4 is 27.5 Å². The molecular weight excluding hydrogens is 350 g/mol. The fraction of sp³-hybridized carbons (Fsp3) is 0.273. The number of hydrogen-bond donors (Lipinski definition) is 2. The van der Waals surface area contributed by atoms with Gasteiger partial charge in [0.25, 0.3) is 5.56 Å². The van der Waals surface area contributed by atoms with Crippen molar-refractivity contribution in [1.82, 2.24) is 19.9 Å². The van der Waals surface area contributed by atoms with E-state index >= 15 is 0 Å². The quantitative estimate of drug-likeness (QED) is 0.521. The molecule has 0 radical (unpaired) electrons. The lowest BCUT2D eigenvalue weighted by Crippen LogP contribution is -2.31. The number of nitrogens with zero attached hydrogens (tertiary/aromatic N) is 3. The van der Waals surface area contributed by atoms with E-state index in [4.69, 9.17) is 4.98 Å². The predicted molar refractivity (Wildman–Crippen MR) is 113 cm³/mol. The van der Waals surface area contributed by atoms with Gasteiger partial charge < -0.3 is 10.3 Å². The largest absolute Gasteiger partial charge is 0.367 e. The van der Waals surface area contributed by atoms with Crippen molar-refractivity contribution in [2.45, 2.75) is 33.7 Å². The van der Waals surface area contributed by atoms with Gasteiger partial charge in [-0.3, -0.25) is 14.8 Å². The monoisotopic (exact) mass is 373 g/mol. The lowest BCUT2D eigenvalue weighted by molar-refractivity contribution is 0.359. The number of fused-ring (bicyclic) bond motifs is 3. The summed E-state index contributed by atoms with van der Waals surface area (Å²) < 4.78 is 0. The average Bonchev–Trinajstić information content (AvgIpc) is 2.68. The number of pyridine rings is 4. The Bertz CT molecular complexity index is 1210. The summed E-state index contributed by atoms with van der Waals surface area (Å²) in [7, 11) is 0. The molecule has 28 heavy (non-hydrogen) atoms. The standard InChI is InChI=1S/C22H23N5O/c1-13(22(2,3)4)26-20-15-7-9-24-11-17(15)18-19(27-20)16(12-25-21(18)28)14-6-5-8-23-10-14/h5-13H,1-4H3,(H,25,28)(H,26,27). The molecule has 4 aromatic rings. The summed E-state index contributed by atoms with van der Waals surface area (Å²) in [6.45, 7) is 8.68. The Balaban J connectivity index is 2.06. The molecule has 142 valence electrons. The van der Waals surface area contributed by atoms with Crippen LogP contribution in [0, 0.1) is 5.41 Å². The Morgan fingerprint density at radius 1 is 1.07 bits per heavy atom. The lowest BCUT2D eigenvalue weighted by Gasteiger charge is -2.29. The number of hydrogen-bond acceptors (Lipinski definition) is 5. The molecule has 6 nitrogen and oxygen atoms in total. The van der Waals surface area contributed by atoms with Crippen LogP contribution in [0.2, 0.25) is 0 Å². The summed E-state index contributed by atoms with van der Waals surface area (Å²) in [4.78, 5) is 28.9. The van der Waals surface area contributed by atoms with Crippen LogP contribution in [0.5, 0.6) is 0 Å². The first-order valence-electron chi connectivity index (χ1n) is 9.32. The molecule has 0 aromatic carbocycles. The molecule has 0 saturated carbocycles. The number of anilines is 1. The van der Waals surface area contributed by atoms with Crippen LogP contribution in [0.1, 0.15) is 27.7 Å². The van der Waals surface area contributed by atoms with E-state index in [1.807, 2.05) is 18.2 Å². The summed E-state index contributed by atoms with van der Waals surface area (Å²) in [5, 5.41) is 5.75. The topological polar surface area (TPSA) is 83.6 Å². The van der Waals surface area contributed by atoms with Crippen LogP contribution < -0.4 is 10.9 Å². The molecule has 0 fully saturated rings. The van der Waals surface area contributed by atoms with Crippen LogP contribution in [0.25, 0.3) is 32.8 Å². The molecule has 0 bridgehead atoms. The van der Waals surface area contributed by atoms with Crippen molar-refractivity contribution in [3.05, 3.63) is 59.5 Å². The molecule has 0 spiro atoms. The number of H-pyrrole nitrogens is 1. The molecule has 6 heteroatoms. The van der Waals surface area contributed by atoms with Crippen LogP contribution in [-0.4, -0.2) is 26.0 Å². The zero-order chi connectivity index (χ0) is 19.9. The Kier molecular flexibility index (Phi) is 4.34. The van der Waals surface area contributed by atoms with Crippen molar-refractivity contribution in [2.75, 3.05) is 5.32 Å². The van der Waals surface area contributed by atoms with E-state index < -0.39 is 0 Å². The van der Waals surface area contributed by atoms with Crippen LogP contribution in [0.15, 0.2) is 54.0 Å². The zero-order valence-electron chi connectivity index (χ0n) is 16.4. The lowest BCUT2D eigenvalue weighted by atomic mass is 9.88. The van der Waals surface area contributed by atoms with Gasteiger partial charge in [-0.2, -0.15) is 0 Å². The normalized spacial score (nSPS) is 13.0. The Hall–Kier alpha value is -3.28. The molecule has 4 rings (SSSR count). The summed E-state index contributed by atoms with van der Waals surface area (Å²) in [5.74, 6) is 0.753. The third-order valence-electron chi connectivity index (χ3n) is 5.26.